The zero-order valence-corrected chi connectivity index (χ0v) is 12.9. The molecule has 0 unspecified atom stereocenters. The molecule has 7 nitrogen and oxygen atoms in total. The number of benzene rings is 1. The largest absolute Gasteiger partial charge is 0.480 e. The number of nitrogens with one attached hydrogen (secondary N) is 1. The van der Waals surface area contributed by atoms with Crippen molar-refractivity contribution in [2.24, 2.45) is 0 Å². The van der Waals surface area contributed by atoms with Gasteiger partial charge < -0.3 is 19.5 Å². The van der Waals surface area contributed by atoms with Crippen molar-refractivity contribution in [1.29, 1.82) is 0 Å². The van der Waals surface area contributed by atoms with E-state index in [1.165, 1.54) is 21.3 Å². The zero-order chi connectivity index (χ0) is 16.4. The van der Waals surface area contributed by atoms with Gasteiger partial charge in [0, 0.05) is 16.8 Å². The molecule has 0 saturated heterocycles. The number of hydrogen-bond donors (Lipinski definition) is 1. The van der Waals surface area contributed by atoms with Crippen molar-refractivity contribution in [2.45, 2.75) is 0 Å². The summed E-state index contributed by atoms with van der Waals surface area (Å²) in [5.74, 6) is 0.322. The number of methoxy groups -OCH3 is 3. The van der Waals surface area contributed by atoms with Crippen LogP contribution in [0, 0.1) is 0 Å². The van der Waals surface area contributed by atoms with Gasteiger partial charge in [-0.2, -0.15) is 9.97 Å². The second-order valence-corrected chi connectivity index (χ2v) is 4.70. The predicted molar refractivity (Wildman–Crippen MR) is 84.6 cm³/mol. The number of nitrogens with zero attached hydrogens (tertiary/aromatic N) is 2. The zero-order valence-electron chi connectivity index (χ0n) is 12.9. The van der Waals surface area contributed by atoms with Crippen LogP contribution in [-0.4, -0.2) is 37.2 Å². The Hall–Kier alpha value is -3.09. The summed E-state index contributed by atoms with van der Waals surface area (Å²) >= 11 is 0. The Kier molecular flexibility index (Phi) is 3.84. The highest BCUT2D eigenvalue weighted by Crippen LogP contribution is 2.36. The second kappa shape index (κ2) is 5.96. The van der Waals surface area contributed by atoms with Gasteiger partial charge in [-0.05, 0) is 12.1 Å². The van der Waals surface area contributed by atoms with Crippen LogP contribution < -0.4 is 19.5 Å². The standard InChI is InChI=1S/C16H15N3O4/c1-21-14-11(15(22-2)19-16(18-14)23-3)8-10-9-6-4-5-7-12(9)17-13(10)20/h4-8H,1-3H3,(H,17,20)/b10-8-. The van der Waals surface area contributed by atoms with Gasteiger partial charge in [-0.15, -0.1) is 0 Å². The summed E-state index contributed by atoms with van der Waals surface area (Å²) in [5, 5.41) is 2.81. The number of fused-ring (bicyclic) bond motifs is 1. The van der Waals surface area contributed by atoms with Gasteiger partial charge in [-0.1, -0.05) is 18.2 Å². The summed E-state index contributed by atoms with van der Waals surface area (Å²) in [6, 6.07) is 7.55. The van der Waals surface area contributed by atoms with E-state index in [4.69, 9.17) is 14.2 Å². The minimum atomic E-state index is -0.203. The van der Waals surface area contributed by atoms with Crippen LogP contribution in [-0.2, 0) is 4.79 Å². The van der Waals surface area contributed by atoms with Crippen molar-refractivity contribution in [3.05, 3.63) is 35.4 Å². The van der Waals surface area contributed by atoms with Crippen molar-refractivity contribution in [3.63, 3.8) is 0 Å². The Labute approximate surface area is 132 Å². The number of para-hydroxylation sites is 1. The lowest BCUT2D eigenvalue weighted by atomic mass is 10.0. The summed E-state index contributed by atoms with van der Waals surface area (Å²) in [5.41, 5.74) is 2.53. The molecule has 118 valence electrons. The monoisotopic (exact) mass is 313 g/mol. The SMILES string of the molecule is COc1nc(OC)c(/C=C2\C(=O)Nc3ccccc32)c(OC)n1. The Morgan fingerprint density at radius 2 is 1.65 bits per heavy atom. The molecular formula is C16H15N3O4. The minimum Gasteiger partial charge on any atom is -0.480 e. The highest BCUT2D eigenvalue weighted by molar-refractivity contribution is 6.35. The fourth-order valence-electron chi connectivity index (χ4n) is 2.36. The molecule has 0 bridgehead atoms. The molecular weight excluding hydrogens is 298 g/mol. The highest BCUT2D eigenvalue weighted by atomic mass is 16.5. The molecule has 0 radical (unpaired) electrons. The lowest BCUT2D eigenvalue weighted by molar-refractivity contribution is -0.110. The first kappa shape index (κ1) is 14.8. The van der Waals surface area contributed by atoms with Crippen LogP contribution in [0.1, 0.15) is 11.1 Å². The van der Waals surface area contributed by atoms with Crippen molar-refractivity contribution in [1.82, 2.24) is 9.97 Å². The average molecular weight is 313 g/mol. The quantitative estimate of drug-likeness (QED) is 0.869. The lowest BCUT2D eigenvalue weighted by Crippen LogP contribution is -2.05. The first-order chi connectivity index (χ1) is 11.2. The molecule has 1 aliphatic heterocycles. The third kappa shape index (κ3) is 2.57. The molecule has 1 aromatic heterocycles. The Bertz CT molecular complexity index is 777. The molecule has 0 saturated carbocycles. The summed E-state index contributed by atoms with van der Waals surface area (Å²) in [7, 11) is 4.41. The number of aromatic nitrogens is 2. The van der Waals surface area contributed by atoms with Crippen LogP contribution in [0.4, 0.5) is 5.69 Å². The smallest absolute Gasteiger partial charge is 0.322 e. The molecule has 0 spiro atoms. The maximum atomic E-state index is 12.2. The van der Waals surface area contributed by atoms with E-state index in [0.29, 0.717) is 11.1 Å². The molecule has 23 heavy (non-hydrogen) atoms. The molecule has 0 atom stereocenters. The van der Waals surface area contributed by atoms with Crippen LogP contribution in [0.2, 0.25) is 0 Å². The van der Waals surface area contributed by atoms with E-state index in [9.17, 15) is 4.79 Å². The molecule has 1 amide bonds. The van der Waals surface area contributed by atoms with Gasteiger partial charge in [0.2, 0.25) is 11.8 Å². The van der Waals surface area contributed by atoms with E-state index in [1.807, 2.05) is 24.3 Å². The maximum absolute atomic E-state index is 12.2. The molecule has 1 N–H and O–H groups in total. The average Bonchev–Trinajstić information content (AvgIpc) is 2.90. The number of amides is 1. The fourth-order valence-corrected chi connectivity index (χ4v) is 2.36. The van der Waals surface area contributed by atoms with E-state index < -0.39 is 0 Å². The third-order valence-corrected chi connectivity index (χ3v) is 3.42. The molecule has 2 heterocycles. The van der Waals surface area contributed by atoms with Crippen LogP contribution in [0.3, 0.4) is 0 Å². The highest BCUT2D eigenvalue weighted by Gasteiger charge is 2.25. The number of hydrogen-bond acceptors (Lipinski definition) is 6. The third-order valence-electron chi connectivity index (χ3n) is 3.42. The van der Waals surface area contributed by atoms with Crippen LogP contribution in [0.25, 0.3) is 11.6 Å². The Morgan fingerprint density at radius 1 is 1.00 bits per heavy atom. The summed E-state index contributed by atoms with van der Waals surface area (Å²) < 4.78 is 15.6. The van der Waals surface area contributed by atoms with Crippen LogP contribution in [0.5, 0.6) is 17.8 Å². The van der Waals surface area contributed by atoms with Crippen molar-refractivity contribution in [3.8, 4) is 17.8 Å². The van der Waals surface area contributed by atoms with Gasteiger partial charge in [0.1, 0.15) is 0 Å². The van der Waals surface area contributed by atoms with Gasteiger partial charge in [-0.25, -0.2) is 0 Å². The van der Waals surface area contributed by atoms with E-state index in [0.717, 1.165) is 11.3 Å². The Morgan fingerprint density at radius 3 is 2.26 bits per heavy atom. The fraction of sp³-hybridized carbons (Fsp3) is 0.188. The summed E-state index contributed by atoms with van der Waals surface area (Å²) in [6.07, 6.45) is 1.65. The molecule has 0 fully saturated rings. The van der Waals surface area contributed by atoms with Gasteiger partial charge in [-0.3, -0.25) is 4.79 Å². The summed E-state index contributed by atoms with van der Waals surface area (Å²) in [6.45, 7) is 0. The number of carbonyl (C=O) groups is 1. The molecule has 7 heteroatoms. The predicted octanol–water partition coefficient (Wildman–Crippen LogP) is 2.00. The lowest BCUT2D eigenvalue weighted by Gasteiger charge is -2.10. The number of rotatable bonds is 4. The molecule has 1 aliphatic rings. The topological polar surface area (TPSA) is 82.6 Å². The Balaban J connectivity index is 2.18. The van der Waals surface area contributed by atoms with Gasteiger partial charge in [0.25, 0.3) is 5.91 Å². The second-order valence-electron chi connectivity index (χ2n) is 4.70. The van der Waals surface area contributed by atoms with Crippen molar-refractivity contribution >= 4 is 23.2 Å². The summed E-state index contributed by atoms with van der Waals surface area (Å²) in [4.78, 5) is 20.5. The first-order valence-electron chi connectivity index (χ1n) is 6.84. The maximum Gasteiger partial charge on any atom is 0.322 e. The minimum absolute atomic E-state index is 0.122. The van der Waals surface area contributed by atoms with Gasteiger partial charge >= 0.3 is 6.01 Å². The van der Waals surface area contributed by atoms with E-state index in [-0.39, 0.29) is 23.7 Å². The molecule has 0 aliphatic carbocycles. The molecule has 1 aromatic carbocycles. The normalized spacial score (nSPS) is 14.4. The van der Waals surface area contributed by atoms with E-state index in [1.54, 1.807) is 6.08 Å². The first-order valence-corrected chi connectivity index (χ1v) is 6.84. The number of ether oxygens (including phenoxy) is 3. The van der Waals surface area contributed by atoms with Crippen LogP contribution >= 0.6 is 0 Å². The van der Waals surface area contributed by atoms with E-state index >= 15 is 0 Å². The van der Waals surface area contributed by atoms with Gasteiger partial charge in [0.15, 0.2) is 0 Å². The molecule has 3 rings (SSSR count). The van der Waals surface area contributed by atoms with Gasteiger partial charge in [0.05, 0.1) is 26.9 Å². The van der Waals surface area contributed by atoms with E-state index in [2.05, 4.69) is 15.3 Å². The van der Waals surface area contributed by atoms with Crippen molar-refractivity contribution in [2.75, 3.05) is 26.6 Å². The molecule has 2 aromatic rings. The van der Waals surface area contributed by atoms with Crippen molar-refractivity contribution < 1.29 is 19.0 Å². The number of carbonyl (C=O) groups excluding carboxylic acids is 1. The number of anilines is 1. The van der Waals surface area contributed by atoms with Crippen LogP contribution in [0.15, 0.2) is 24.3 Å².